The number of aromatic nitrogens is 2. The normalized spacial score (nSPS) is 25.0. The molecule has 1 saturated carbocycles. The van der Waals surface area contributed by atoms with Crippen LogP contribution in [-0.4, -0.2) is 49.7 Å². The van der Waals surface area contributed by atoms with Crippen LogP contribution in [0.15, 0.2) is 54.6 Å². The summed E-state index contributed by atoms with van der Waals surface area (Å²) >= 11 is 12.8. The summed E-state index contributed by atoms with van der Waals surface area (Å²) in [6, 6.07) is 15.6. The molecule has 1 amide bonds. The minimum Gasteiger partial charge on any atom is -0.390 e. The zero-order chi connectivity index (χ0) is 32.1. The molecule has 3 aliphatic heterocycles. The second-order valence-corrected chi connectivity index (χ2v) is 14.9. The molecule has 4 heterocycles. The highest BCUT2D eigenvalue weighted by atomic mass is 35.5. The van der Waals surface area contributed by atoms with Crippen LogP contribution in [0.5, 0.6) is 0 Å². The molecule has 0 bridgehead atoms. The predicted octanol–water partition coefficient (Wildman–Crippen LogP) is 8.07. The first kappa shape index (κ1) is 32.3. The summed E-state index contributed by atoms with van der Waals surface area (Å²) in [5, 5.41) is 19.8. The van der Waals surface area contributed by atoms with E-state index in [4.69, 9.17) is 28.3 Å². The molecule has 47 heavy (non-hydrogen) atoms. The Morgan fingerprint density at radius 3 is 2.66 bits per heavy atom. The van der Waals surface area contributed by atoms with Gasteiger partial charge in [-0.25, -0.2) is 4.39 Å². The van der Waals surface area contributed by atoms with E-state index in [2.05, 4.69) is 10.2 Å². The molecule has 0 unspecified atom stereocenters. The highest BCUT2D eigenvalue weighted by Gasteiger charge is 2.69. The van der Waals surface area contributed by atoms with Crippen molar-refractivity contribution in [3.05, 3.63) is 92.8 Å². The molecule has 10 heteroatoms. The topological polar surface area (TPSA) is 87.5 Å². The molecule has 4 atom stereocenters. The molecule has 1 spiro atoms. The zero-order valence-corrected chi connectivity index (χ0v) is 27.2. The molecule has 4 aliphatic rings. The van der Waals surface area contributed by atoms with Gasteiger partial charge in [0.1, 0.15) is 11.4 Å². The van der Waals surface area contributed by atoms with Gasteiger partial charge in [-0.2, -0.15) is 5.10 Å². The molecular weight excluding hydrogens is 638 g/mol. The average molecular weight is 678 g/mol. The smallest absolute Gasteiger partial charge is 0.250 e. The standard InChI is InChI=1S/C36H35Cl2FN4O3.CH4/c1-35(2,46)14-13-30(44)20-9-11-22-26(15-20)41-43-28(22)17-29-33(43)31(23-7-4-8-25(38)32(23)39)36(42(29)18-19-5-3-6-19)24-12-10-21(37)16-27(24)40-34(36)45;/h4,7-12,15-16,19,29,31,33,46H,3,5-6,13-14,17-18H2,1-2H3,(H,40,45);1H4/t29-,31-,33+,36+;/m0./s1. The van der Waals surface area contributed by atoms with Crippen molar-refractivity contribution in [1.29, 1.82) is 0 Å². The van der Waals surface area contributed by atoms with E-state index in [0.29, 0.717) is 52.7 Å². The van der Waals surface area contributed by atoms with Crippen LogP contribution < -0.4 is 5.32 Å². The Bertz CT molecular complexity index is 1930. The Morgan fingerprint density at radius 1 is 1.15 bits per heavy atom. The molecule has 1 saturated heterocycles. The molecule has 246 valence electrons. The number of carbonyl (C=O) groups excluding carboxylic acids is 2. The maximum atomic E-state index is 16.3. The zero-order valence-electron chi connectivity index (χ0n) is 25.7. The number of hydrogen-bond acceptors (Lipinski definition) is 5. The number of hydrogen-bond donors (Lipinski definition) is 2. The quantitative estimate of drug-likeness (QED) is 0.193. The summed E-state index contributed by atoms with van der Waals surface area (Å²) in [7, 11) is 0. The van der Waals surface area contributed by atoms with Gasteiger partial charge < -0.3 is 10.4 Å². The van der Waals surface area contributed by atoms with Crippen molar-refractivity contribution in [2.75, 3.05) is 11.9 Å². The lowest BCUT2D eigenvalue weighted by Crippen LogP contribution is -2.54. The van der Waals surface area contributed by atoms with E-state index in [-0.39, 0.29) is 42.6 Å². The summed E-state index contributed by atoms with van der Waals surface area (Å²) in [5.41, 5.74) is 1.91. The van der Waals surface area contributed by atoms with Crippen molar-refractivity contribution < 1.29 is 19.1 Å². The van der Waals surface area contributed by atoms with E-state index in [1.165, 1.54) is 6.07 Å². The van der Waals surface area contributed by atoms with Crippen molar-refractivity contribution in [1.82, 2.24) is 14.7 Å². The number of nitrogens with one attached hydrogen (secondary N) is 1. The molecule has 1 aliphatic carbocycles. The molecule has 3 aromatic carbocycles. The monoisotopic (exact) mass is 676 g/mol. The first-order valence-corrected chi connectivity index (χ1v) is 16.8. The SMILES string of the molecule is C.CC(C)(O)CCC(=O)c1ccc2c3n(nc2c1)[C@@H]1[C@H](C3)N(CC2CCC2)[C@@]2(C(=O)Nc3cc(Cl)ccc32)[C@H]1c1cccc(Cl)c1F. The lowest BCUT2D eigenvalue weighted by molar-refractivity contribution is -0.128. The third kappa shape index (κ3) is 4.86. The fourth-order valence-electron chi connectivity index (χ4n) is 8.46. The van der Waals surface area contributed by atoms with Crippen molar-refractivity contribution in [3.63, 3.8) is 0 Å². The van der Waals surface area contributed by atoms with E-state index in [0.717, 1.165) is 35.9 Å². The molecular formula is C37H39Cl2FN4O3. The third-order valence-electron chi connectivity index (χ3n) is 10.8. The lowest BCUT2D eigenvalue weighted by atomic mass is 9.73. The van der Waals surface area contributed by atoms with Crippen LogP contribution in [0.25, 0.3) is 10.9 Å². The fourth-order valence-corrected chi connectivity index (χ4v) is 8.82. The van der Waals surface area contributed by atoms with Gasteiger partial charge in [-0.1, -0.05) is 67.4 Å². The van der Waals surface area contributed by atoms with Crippen LogP contribution in [-0.2, 0) is 16.8 Å². The molecule has 8 rings (SSSR count). The molecule has 7 nitrogen and oxygen atoms in total. The second kappa shape index (κ2) is 11.4. The predicted molar refractivity (Wildman–Crippen MR) is 183 cm³/mol. The number of anilines is 1. The van der Waals surface area contributed by atoms with Crippen LogP contribution >= 0.6 is 23.2 Å². The molecule has 4 aromatic rings. The minimum atomic E-state index is -1.20. The van der Waals surface area contributed by atoms with Crippen LogP contribution in [0.4, 0.5) is 10.1 Å². The van der Waals surface area contributed by atoms with Crippen LogP contribution in [0.2, 0.25) is 10.0 Å². The van der Waals surface area contributed by atoms with E-state index in [9.17, 15) is 14.7 Å². The Morgan fingerprint density at radius 2 is 1.94 bits per heavy atom. The van der Waals surface area contributed by atoms with Crippen LogP contribution in [0.1, 0.15) is 92.5 Å². The molecule has 0 radical (unpaired) electrons. The second-order valence-electron chi connectivity index (χ2n) is 14.1. The summed E-state index contributed by atoms with van der Waals surface area (Å²) in [5.74, 6) is -0.995. The van der Waals surface area contributed by atoms with Gasteiger partial charge in [0.25, 0.3) is 0 Å². The first-order chi connectivity index (χ1) is 22.0. The molecule has 1 aromatic heterocycles. The summed E-state index contributed by atoms with van der Waals surface area (Å²) < 4.78 is 18.3. The number of ketones is 1. The van der Waals surface area contributed by atoms with Gasteiger partial charge in [-0.05, 0) is 68.9 Å². The maximum Gasteiger partial charge on any atom is 0.250 e. The van der Waals surface area contributed by atoms with Crippen molar-refractivity contribution in [2.45, 2.75) is 88.9 Å². The fraction of sp³-hybridized carbons (Fsp3) is 0.432. The third-order valence-corrected chi connectivity index (χ3v) is 11.3. The first-order valence-electron chi connectivity index (χ1n) is 16.1. The number of benzene rings is 3. The van der Waals surface area contributed by atoms with E-state index >= 15 is 4.39 Å². The Kier molecular flexibility index (Phi) is 7.82. The molecule has 2 fully saturated rings. The number of amides is 1. The summed E-state index contributed by atoms with van der Waals surface area (Å²) in [6.07, 6.45) is 4.54. The van der Waals surface area contributed by atoms with Gasteiger partial charge in [-0.15, -0.1) is 0 Å². The number of Topliss-reactive ketones (excluding diaryl/α,β-unsaturated/α-hetero) is 1. The highest BCUT2D eigenvalue weighted by Crippen LogP contribution is 2.64. The average Bonchev–Trinajstić information content (AvgIpc) is 3.67. The van der Waals surface area contributed by atoms with Gasteiger partial charge >= 0.3 is 0 Å². The number of carbonyl (C=O) groups is 2. The summed E-state index contributed by atoms with van der Waals surface area (Å²) in [4.78, 5) is 30.0. The van der Waals surface area contributed by atoms with Gasteiger partial charge in [0.05, 0.1) is 22.2 Å². The number of likely N-dealkylation sites (tertiary alicyclic amines) is 1. The number of halogens is 3. The number of aliphatic hydroxyl groups is 1. The minimum absolute atomic E-state index is 0. The summed E-state index contributed by atoms with van der Waals surface area (Å²) in [6.45, 7) is 4.09. The number of nitrogens with zero attached hydrogens (tertiary/aromatic N) is 3. The lowest BCUT2D eigenvalue weighted by Gasteiger charge is -2.43. The Hall–Kier alpha value is -3.30. The Labute approximate surface area is 284 Å². The van der Waals surface area contributed by atoms with Gasteiger partial charge in [0.2, 0.25) is 5.91 Å². The number of fused-ring (bicyclic) bond motifs is 7. The van der Waals surface area contributed by atoms with Crippen LogP contribution in [0, 0.1) is 11.7 Å². The number of rotatable bonds is 7. The Balaban J connectivity index is 0.00000351. The highest BCUT2D eigenvalue weighted by molar-refractivity contribution is 6.31. The largest absolute Gasteiger partial charge is 0.390 e. The van der Waals surface area contributed by atoms with Crippen molar-refractivity contribution in [2.24, 2.45) is 5.92 Å². The van der Waals surface area contributed by atoms with Gasteiger partial charge in [0, 0.05) is 64.3 Å². The van der Waals surface area contributed by atoms with E-state index < -0.39 is 22.9 Å². The molecule has 2 N–H and O–H groups in total. The van der Waals surface area contributed by atoms with Crippen molar-refractivity contribution in [3.8, 4) is 0 Å². The van der Waals surface area contributed by atoms with Crippen molar-refractivity contribution >= 4 is 51.5 Å². The maximum absolute atomic E-state index is 16.3. The van der Waals surface area contributed by atoms with E-state index in [1.807, 2.05) is 28.9 Å². The van der Waals surface area contributed by atoms with Gasteiger partial charge in [-0.3, -0.25) is 19.2 Å². The van der Waals surface area contributed by atoms with Gasteiger partial charge in [0.15, 0.2) is 5.78 Å². The van der Waals surface area contributed by atoms with E-state index in [1.54, 1.807) is 38.1 Å². The van der Waals surface area contributed by atoms with Crippen LogP contribution in [0.3, 0.4) is 0 Å².